The highest BCUT2D eigenvalue weighted by atomic mass is 19.4. The topological polar surface area (TPSA) is 54.3 Å². The molecule has 0 aliphatic carbocycles. The minimum absolute atomic E-state index is 0.0525. The highest BCUT2D eigenvalue weighted by Crippen LogP contribution is 2.19. The van der Waals surface area contributed by atoms with Crippen molar-refractivity contribution in [2.45, 2.75) is 38.5 Å². The lowest BCUT2D eigenvalue weighted by atomic mass is 10.0. The Labute approximate surface area is 109 Å². The van der Waals surface area contributed by atoms with Crippen molar-refractivity contribution in [2.24, 2.45) is 0 Å². The second-order valence-electron chi connectivity index (χ2n) is 4.95. The van der Waals surface area contributed by atoms with Crippen LogP contribution in [-0.4, -0.2) is 33.9 Å². The van der Waals surface area contributed by atoms with Crippen molar-refractivity contribution in [3.8, 4) is 0 Å². The van der Waals surface area contributed by atoms with E-state index in [1.807, 2.05) is 0 Å². The molecule has 0 aromatic carbocycles. The molecule has 0 unspecified atom stereocenters. The summed E-state index contributed by atoms with van der Waals surface area (Å²) in [5.41, 5.74) is -0.734. The first-order chi connectivity index (χ1) is 8.64. The Hall–Kier alpha value is -1.50. The molecular formula is C12H17F3N2O2. The van der Waals surface area contributed by atoms with Gasteiger partial charge >= 0.3 is 6.18 Å². The number of carbonyl (C=O) groups excluding carboxylic acids is 1. The molecule has 0 saturated heterocycles. The van der Waals surface area contributed by atoms with Crippen LogP contribution in [0.15, 0.2) is 18.3 Å². The number of hydrogen-bond donors (Lipinski definition) is 2. The molecular weight excluding hydrogens is 261 g/mol. The van der Waals surface area contributed by atoms with Gasteiger partial charge in [0.1, 0.15) is 12.2 Å². The number of aliphatic hydroxyl groups is 1. The van der Waals surface area contributed by atoms with E-state index in [1.54, 1.807) is 13.8 Å². The first kappa shape index (κ1) is 15.6. The van der Waals surface area contributed by atoms with Crippen LogP contribution in [0.3, 0.4) is 0 Å². The van der Waals surface area contributed by atoms with Gasteiger partial charge in [0.25, 0.3) is 5.91 Å². The number of rotatable bonds is 5. The van der Waals surface area contributed by atoms with Crippen molar-refractivity contribution in [3.63, 3.8) is 0 Å². The van der Waals surface area contributed by atoms with E-state index in [9.17, 15) is 18.0 Å². The average molecular weight is 278 g/mol. The highest BCUT2D eigenvalue weighted by molar-refractivity contribution is 5.93. The lowest BCUT2D eigenvalue weighted by Crippen LogP contribution is -2.44. The Bertz CT molecular complexity index is 438. The fourth-order valence-electron chi connectivity index (χ4n) is 1.66. The maximum atomic E-state index is 12.3. The lowest BCUT2D eigenvalue weighted by molar-refractivity contribution is -0.140. The Morgan fingerprint density at radius 1 is 1.42 bits per heavy atom. The number of alkyl halides is 3. The van der Waals surface area contributed by atoms with Crippen molar-refractivity contribution >= 4 is 5.91 Å². The average Bonchev–Trinajstić information content (AvgIpc) is 2.61. The molecule has 1 rings (SSSR count). The van der Waals surface area contributed by atoms with Gasteiger partial charge in [-0.2, -0.15) is 13.2 Å². The second kappa shape index (κ2) is 5.64. The summed E-state index contributed by atoms with van der Waals surface area (Å²) >= 11 is 0. The number of halogens is 3. The number of hydrogen-bond acceptors (Lipinski definition) is 2. The summed E-state index contributed by atoms with van der Waals surface area (Å²) in [6, 6.07) is 2.72. The molecule has 19 heavy (non-hydrogen) atoms. The maximum absolute atomic E-state index is 12.3. The normalized spacial score (nSPS) is 12.5. The van der Waals surface area contributed by atoms with Crippen LogP contribution in [-0.2, 0) is 6.54 Å². The molecule has 1 aromatic rings. The molecule has 0 aliphatic rings. The van der Waals surface area contributed by atoms with Gasteiger partial charge in [0.2, 0.25) is 0 Å². The van der Waals surface area contributed by atoms with Gasteiger partial charge in [-0.3, -0.25) is 4.79 Å². The van der Waals surface area contributed by atoms with Gasteiger partial charge in [0.15, 0.2) is 0 Å². The van der Waals surface area contributed by atoms with Gasteiger partial charge in [0.05, 0.1) is 0 Å². The number of amides is 1. The van der Waals surface area contributed by atoms with E-state index < -0.39 is 24.2 Å². The quantitative estimate of drug-likeness (QED) is 0.865. The van der Waals surface area contributed by atoms with Crippen molar-refractivity contribution in [2.75, 3.05) is 6.61 Å². The summed E-state index contributed by atoms with van der Waals surface area (Å²) in [4.78, 5) is 11.9. The molecule has 0 atom stereocenters. The van der Waals surface area contributed by atoms with Crippen LogP contribution >= 0.6 is 0 Å². The molecule has 1 amide bonds. The van der Waals surface area contributed by atoms with Gasteiger partial charge in [0, 0.05) is 18.3 Å². The van der Waals surface area contributed by atoms with E-state index >= 15 is 0 Å². The Morgan fingerprint density at radius 2 is 2.05 bits per heavy atom. The van der Waals surface area contributed by atoms with Crippen molar-refractivity contribution in [1.82, 2.24) is 9.88 Å². The molecule has 0 aliphatic heterocycles. The lowest BCUT2D eigenvalue weighted by Gasteiger charge is -2.25. The molecule has 2 N–H and O–H groups in total. The predicted octanol–water partition coefficient (Wildman–Crippen LogP) is 1.94. The third-order valence-electron chi connectivity index (χ3n) is 2.60. The second-order valence-corrected chi connectivity index (χ2v) is 4.95. The van der Waals surface area contributed by atoms with Gasteiger partial charge in [-0.05, 0) is 32.4 Å². The first-order valence-corrected chi connectivity index (χ1v) is 5.80. The van der Waals surface area contributed by atoms with Crippen LogP contribution < -0.4 is 5.32 Å². The first-order valence-electron chi connectivity index (χ1n) is 5.80. The van der Waals surface area contributed by atoms with E-state index in [0.717, 1.165) is 4.57 Å². The largest absolute Gasteiger partial charge is 0.406 e. The number of nitrogens with zero attached hydrogens (tertiary/aromatic N) is 1. The summed E-state index contributed by atoms with van der Waals surface area (Å²) in [6.07, 6.45) is -2.85. The van der Waals surface area contributed by atoms with E-state index in [1.165, 1.54) is 18.3 Å². The summed E-state index contributed by atoms with van der Waals surface area (Å²) in [6.45, 7) is 2.07. The Morgan fingerprint density at radius 3 is 2.58 bits per heavy atom. The number of nitrogens with one attached hydrogen (secondary N) is 1. The molecule has 0 radical (unpaired) electrons. The highest BCUT2D eigenvalue weighted by Gasteiger charge is 2.30. The van der Waals surface area contributed by atoms with Gasteiger partial charge in [-0.1, -0.05) is 0 Å². The minimum Gasteiger partial charge on any atom is -0.396 e. The molecule has 108 valence electrons. The molecule has 4 nitrogen and oxygen atoms in total. The van der Waals surface area contributed by atoms with Crippen LogP contribution in [0.25, 0.3) is 0 Å². The van der Waals surface area contributed by atoms with Crippen LogP contribution in [0.4, 0.5) is 13.2 Å². The van der Waals surface area contributed by atoms with Crippen molar-refractivity contribution in [3.05, 3.63) is 24.0 Å². The molecule has 0 fully saturated rings. The number of aromatic nitrogens is 1. The van der Waals surface area contributed by atoms with E-state index in [0.29, 0.717) is 6.42 Å². The summed E-state index contributed by atoms with van der Waals surface area (Å²) in [5, 5.41) is 11.4. The molecule has 1 heterocycles. The number of carbonyl (C=O) groups is 1. The standard InChI is InChI=1S/C12H17F3N2O2/c1-11(2,5-7-18)16-10(19)9-4-3-6-17(9)8-12(13,14)15/h3-4,6,18H,5,7-8H2,1-2H3,(H,16,19). The Kier molecular flexibility index (Phi) is 4.62. The predicted molar refractivity (Wildman–Crippen MR) is 63.7 cm³/mol. The van der Waals surface area contributed by atoms with Crippen LogP contribution in [0.5, 0.6) is 0 Å². The third-order valence-corrected chi connectivity index (χ3v) is 2.60. The molecule has 0 bridgehead atoms. The number of aliphatic hydroxyl groups excluding tert-OH is 1. The fraction of sp³-hybridized carbons (Fsp3) is 0.583. The van der Waals surface area contributed by atoms with E-state index in [4.69, 9.17) is 5.11 Å². The summed E-state index contributed by atoms with van der Waals surface area (Å²) in [7, 11) is 0. The monoisotopic (exact) mass is 278 g/mol. The molecule has 7 heteroatoms. The van der Waals surface area contributed by atoms with Crippen molar-refractivity contribution in [1.29, 1.82) is 0 Å². The van der Waals surface area contributed by atoms with Gasteiger partial charge in [-0.15, -0.1) is 0 Å². The van der Waals surface area contributed by atoms with Crippen LogP contribution in [0.2, 0.25) is 0 Å². The Balaban J connectivity index is 2.81. The summed E-state index contributed by atoms with van der Waals surface area (Å²) < 4.78 is 37.9. The maximum Gasteiger partial charge on any atom is 0.406 e. The molecule has 1 aromatic heterocycles. The minimum atomic E-state index is -4.38. The van der Waals surface area contributed by atoms with Crippen LogP contribution in [0, 0.1) is 0 Å². The van der Waals surface area contributed by atoms with Gasteiger partial charge in [-0.25, -0.2) is 0 Å². The van der Waals surface area contributed by atoms with Gasteiger partial charge < -0.3 is 15.0 Å². The van der Waals surface area contributed by atoms with Crippen LogP contribution in [0.1, 0.15) is 30.8 Å². The zero-order valence-corrected chi connectivity index (χ0v) is 10.8. The SMILES string of the molecule is CC(C)(CCO)NC(=O)c1cccn1CC(F)(F)F. The molecule has 0 spiro atoms. The van der Waals surface area contributed by atoms with E-state index in [2.05, 4.69) is 5.32 Å². The fourth-order valence-corrected chi connectivity index (χ4v) is 1.66. The molecule has 0 saturated carbocycles. The van der Waals surface area contributed by atoms with E-state index in [-0.39, 0.29) is 12.3 Å². The third kappa shape index (κ3) is 4.94. The zero-order valence-electron chi connectivity index (χ0n) is 10.8. The zero-order chi connectivity index (χ0) is 14.7. The smallest absolute Gasteiger partial charge is 0.396 e. The van der Waals surface area contributed by atoms with Crippen molar-refractivity contribution < 1.29 is 23.1 Å². The summed E-state index contributed by atoms with van der Waals surface area (Å²) in [5.74, 6) is -0.590.